The highest BCUT2D eigenvalue weighted by atomic mass is 16.6. The Labute approximate surface area is 187 Å². The Kier molecular flexibility index (Phi) is 8.10. The number of nitrogens with one attached hydrogen (secondary N) is 2. The Morgan fingerprint density at radius 3 is 2.31 bits per heavy atom. The van der Waals surface area contributed by atoms with E-state index in [9.17, 15) is 14.4 Å². The van der Waals surface area contributed by atoms with Crippen LogP contribution < -0.4 is 10.2 Å². The van der Waals surface area contributed by atoms with Crippen LogP contribution in [0.1, 0.15) is 56.7 Å². The number of anilines is 1. The van der Waals surface area contributed by atoms with Gasteiger partial charge in [-0.15, -0.1) is 0 Å². The molecule has 0 radical (unpaired) electrons. The van der Waals surface area contributed by atoms with Crippen molar-refractivity contribution in [3.05, 3.63) is 29.5 Å². The average Bonchev–Trinajstić information content (AvgIpc) is 3.17. The van der Waals surface area contributed by atoms with Crippen molar-refractivity contribution in [3.63, 3.8) is 0 Å². The van der Waals surface area contributed by atoms with Gasteiger partial charge in [0.15, 0.2) is 0 Å². The number of rotatable bonds is 8. The molecule has 32 heavy (non-hydrogen) atoms. The molecule has 2 aromatic rings. The number of hydrogen-bond acceptors (Lipinski definition) is 7. The molecule has 2 amide bonds. The van der Waals surface area contributed by atoms with Crippen LogP contribution >= 0.6 is 0 Å². The minimum Gasteiger partial charge on any atom is -0.469 e. The smallest absolute Gasteiger partial charge is 0.424 e. The molecule has 9 nitrogen and oxygen atoms in total. The SMILES string of the molecule is CCCCOC(=O)N(C(=O)OCCCC)c1ccc2[nH]c3c(c2c1)C(C(=O)OC)CNC3. The maximum absolute atomic E-state index is 12.8. The van der Waals surface area contributed by atoms with E-state index in [1.54, 1.807) is 18.2 Å². The van der Waals surface area contributed by atoms with Crippen molar-refractivity contribution in [2.24, 2.45) is 0 Å². The topological polar surface area (TPSA) is 110 Å². The Hall–Kier alpha value is -3.07. The molecular formula is C23H31N3O6. The summed E-state index contributed by atoms with van der Waals surface area (Å²) in [5.74, 6) is -0.839. The van der Waals surface area contributed by atoms with Crippen molar-refractivity contribution in [2.45, 2.75) is 52.0 Å². The highest BCUT2D eigenvalue weighted by Crippen LogP contribution is 2.35. The molecule has 9 heteroatoms. The zero-order valence-electron chi connectivity index (χ0n) is 18.9. The molecule has 2 heterocycles. The Morgan fingerprint density at radius 1 is 1.06 bits per heavy atom. The maximum atomic E-state index is 12.8. The van der Waals surface area contributed by atoms with E-state index in [1.165, 1.54) is 7.11 Å². The number of unbranched alkanes of at least 4 members (excludes halogenated alkanes) is 2. The third-order valence-electron chi connectivity index (χ3n) is 5.46. The monoisotopic (exact) mass is 445 g/mol. The van der Waals surface area contributed by atoms with Gasteiger partial charge < -0.3 is 24.5 Å². The lowest BCUT2D eigenvalue weighted by Crippen LogP contribution is -2.38. The average molecular weight is 446 g/mol. The molecule has 1 unspecified atom stereocenters. The van der Waals surface area contributed by atoms with Crippen molar-refractivity contribution in [1.82, 2.24) is 10.3 Å². The summed E-state index contributed by atoms with van der Waals surface area (Å²) in [7, 11) is 1.36. The Bertz CT molecular complexity index is 948. The van der Waals surface area contributed by atoms with Gasteiger partial charge >= 0.3 is 18.2 Å². The summed E-state index contributed by atoms with van der Waals surface area (Å²) in [4.78, 5) is 42.2. The van der Waals surface area contributed by atoms with Crippen molar-refractivity contribution in [1.29, 1.82) is 0 Å². The number of amides is 2. The summed E-state index contributed by atoms with van der Waals surface area (Å²) in [6.07, 6.45) is 1.55. The van der Waals surface area contributed by atoms with Gasteiger partial charge in [0.25, 0.3) is 0 Å². The number of ether oxygens (including phenoxy) is 3. The molecule has 0 aliphatic carbocycles. The number of methoxy groups -OCH3 is 1. The molecule has 0 spiro atoms. The number of benzene rings is 1. The number of carbonyl (C=O) groups excluding carboxylic acids is 3. The van der Waals surface area contributed by atoms with Gasteiger partial charge in [-0.25, -0.2) is 9.59 Å². The van der Waals surface area contributed by atoms with Gasteiger partial charge in [0, 0.05) is 29.7 Å². The second-order valence-electron chi connectivity index (χ2n) is 7.73. The maximum Gasteiger partial charge on any atom is 0.424 e. The summed E-state index contributed by atoms with van der Waals surface area (Å²) >= 11 is 0. The predicted molar refractivity (Wildman–Crippen MR) is 120 cm³/mol. The van der Waals surface area contributed by atoms with Crippen molar-refractivity contribution in [3.8, 4) is 0 Å². The van der Waals surface area contributed by atoms with Gasteiger partial charge in [0.1, 0.15) is 0 Å². The van der Waals surface area contributed by atoms with Crippen LogP contribution in [-0.4, -0.2) is 50.0 Å². The molecule has 174 valence electrons. The summed E-state index contributed by atoms with van der Waals surface area (Å²) in [5.41, 5.74) is 2.81. The van der Waals surface area contributed by atoms with Gasteiger partial charge in [-0.05, 0) is 36.6 Å². The van der Waals surface area contributed by atoms with Crippen LogP contribution in [0.3, 0.4) is 0 Å². The van der Waals surface area contributed by atoms with Crippen LogP contribution in [0.2, 0.25) is 0 Å². The van der Waals surface area contributed by atoms with Gasteiger partial charge in [-0.2, -0.15) is 4.90 Å². The molecule has 0 fully saturated rings. The zero-order valence-corrected chi connectivity index (χ0v) is 18.9. The molecule has 2 N–H and O–H groups in total. The summed E-state index contributed by atoms with van der Waals surface area (Å²) in [6.45, 7) is 5.42. The van der Waals surface area contributed by atoms with E-state index in [1.807, 2.05) is 13.8 Å². The first kappa shape index (κ1) is 23.6. The van der Waals surface area contributed by atoms with Crippen LogP contribution in [-0.2, 0) is 25.5 Å². The van der Waals surface area contributed by atoms with E-state index >= 15 is 0 Å². The van der Waals surface area contributed by atoms with E-state index < -0.39 is 18.1 Å². The lowest BCUT2D eigenvalue weighted by atomic mass is 9.93. The van der Waals surface area contributed by atoms with Gasteiger partial charge in [-0.1, -0.05) is 26.7 Å². The normalized spacial score (nSPS) is 15.2. The standard InChI is InChI=1S/C23H31N3O6/c1-4-6-10-31-22(28)26(23(29)32-11-7-5-2)15-8-9-18-16(12-15)20-17(21(27)30-3)13-24-14-19(20)25-18/h8-9,12,17,24-25H,4-7,10-11,13-14H2,1-3H3. The number of H-pyrrole nitrogens is 1. The second kappa shape index (κ2) is 11.0. The minimum atomic E-state index is -0.783. The van der Waals surface area contributed by atoms with Crippen molar-refractivity contribution >= 4 is 34.7 Å². The minimum absolute atomic E-state index is 0.214. The van der Waals surface area contributed by atoms with Gasteiger partial charge in [0.2, 0.25) is 0 Å². The first-order valence-electron chi connectivity index (χ1n) is 11.1. The highest BCUT2D eigenvalue weighted by Gasteiger charge is 2.32. The van der Waals surface area contributed by atoms with Gasteiger partial charge in [-0.3, -0.25) is 4.79 Å². The molecule has 0 saturated heterocycles. The predicted octanol–water partition coefficient (Wildman–Crippen LogP) is 4.21. The van der Waals surface area contributed by atoms with E-state index in [0.29, 0.717) is 31.6 Å². The first-order chi connectivity index (χ1) is 15.5. The van der Waals surface area contributed by atoms with Gasteiger partial charge in [0.05, 0.1) is 31.9 Å². The molecule has 1 aromatic heterocycles. The van der Waals surface area contributed by atoms with Crippen LogP contribution in [0, 0.1) is 0 Å². The molecule has 1 aromatic carbocycles. The molecular weight excluding hydrogens is 414 g/mol. The number of hydrogen-bond donors (Lipinski definition) is 2. The third-order valence-corrected chi connectivity index (χ3v) is 5.46. The number of imide groups is 1. The molecule has 1 aliphatic heterocycles. The highest BCUT2D eigenvalue weighted by molar-refractivity contribution is 6.10. The lowest BCUT2D eigenvalue weighted by Gasteiger charge is -2.23. The number of nitrogens with zero attached hydrogens (tertiary/aromatic N) is 1. The lowest BCUT2D eigenvalue weighted by molar-refractivity contribution is -0.142. The largest absolute Gasteiger partial charge is 0.469 e. The second-order valence-corrected chi connectivity index (χ2v) is 7.73. The summed E-state index contributed by atoms with van der Waals surface area (Å²) < 4.78 is 15.6. The van der Waals surface area contributed by atoms with E-state index in [2.05, 4.69) is 10.3 Å². The Balaban J connectivity index is 1.99. The summed E-state index contributed by atoms with van der Waals surface area (Å²) in [6, 6.07) is 5.16. The zero-order chi connectivity index (χ0) is 23.1. The fourth-order valence-electron chi connectivity index (χ4n) is 3.74. The van der Waals surface area contributed by atoms with Crippen LogP contribution in [0.15, 0.2) is 18.2 Å². The first-order valence-corrected chi connectivity index (χ1v) is 11.1. The molecule has 3 rings (SSSR count). The molecule has 0 saturated carbocycles. The van der Waals surface area contributed by atoms with Crippen LogP contribution in [0.25, 0.3) is 10.9 Å². The fraction of sp³-hybridized carbons (Fsp3) is 0.522. The Morgan fingerprint density at radius 2 is 1.72 bits per heavy atom. The van der Waals surface area contributed by atoms with Crippen LogP contribution in [0.4, 0.5) is 15.3 Å². The molecule has 0 bridgehead atoms. The van der Waals surface area contributed by atoms with E-state index in [-0.39, 0.29) is 19.2 Å². The number of aromatic amines is 1. The number of fused-ring (bicyclic) bond motifs is 3. The van der Waals surface area contributed by atoms with Crippen molar-refractivity contribution in [2.75, 3.05) is 31.8 Å². The number of carbonyl (C=O) groups is 3. The van der Waals surface area contributed by atoms with Crippen molar-refractivity contribution < 1.29 is 28.6 Å². The van der Waals surface area contributed by atoms with E-state index in [4.69, 9.17) is 14.2 Å². The van der Waals surface area contributed by atoms with Crippen LogP contribution in [0.5, 0.6) is 0 Å². The summed E-state index contributed by atoms with van der Waals surface area (Å²) in [5, 5.41) is 3.96. The number of esters is 1. The quantitative estimate of drug-likeness (QED) is 0.356. The fourth-order valence-corrected chi connectivity index (χ4v) is 3.74. The number of aromatic nitrogens is 1. The molecule has 1 atom stereocenters. The van der Waals surface area contributed by atoms with E-state index in [0.717, 1.165) is 39.9 Å². The molecule has 1 aliphatic rings. The third kappa shape index (κ3) is 5.04.